The molecular formula is C22H33N3O6S. The number of carboxylic acid groups (broad SMARTS) is 1. The Morgan fingerprint density at radius 1 is 1.03 bits per heavy atom. The Hall–Kier alpha value is -2.43. The van der Waals surface area contributed by atoms with Crippen LogP contribution < -0.4 is 0 Å². The molecule has 178 valence electrons. The van der Waals surface area contributed by atoms with Crippen molar-refractivity contribution in [1.82, 2.24) is 9.80 Å². The summed E-state index contributed by atoms with van der Waals surface area (Å²) in [5, 5.41) is 26.4. The molecule has 9 nitrogen and oxygen atoms in total. The maximum atomic E-state index is 11.4. The van der Waals surface area contributed by atoms with Crippen LogP contribution in [0.2, 0.25) is 0 Å². The Labute approximate surface area is 189 Å². The molecule has 0 saturated heterocycles. The highest BCUT2D eigenvalue weighted by Gasteiger charge is 2.20. The van der Waals surface area contributed by atoms with Crippen molar-refractivity contribution in [3.8, 4) is 0 Å². The Bertz CT molecular complexity index is 880. The van der Waals surface area contributed by atoms with Crippen LogP contribution in [-0.2, 0) is 14.6 Å². The molecule has 1 aromatic rings. The van der Waals surface area contributed by atoms with Crippen LogP contribution in [0.5, 0.6) is 0 Å². The molecule has 0 fully saturated rings. The SMILES string of the molecule is Cc1ccc(S(=O)(=O)CC(=O)O)cc1.OCCN1CCC=C1CCC1=NCCN1CCO. The summed E-state index contributed by atoms with van der Waals surface area (Å²) in [5.41, 5.74) is 2.27. The highest BCUT2D eigenvalue weighted by molar-refractivity contribution is 7.92. The van der Waals surface area contributed by atoms with Gasteiger partial charge in [-0.3, -0.25) is 9.79 Å². The first-order valence-electron chi connectivity index (χ1n) is 10.7. The molecule has 3 rings (SSSR count). The number of allylic oxidation sites excluding steroid dienone is 1. The number of benzene rings is 1. The first-order chi connectivity index (χ1) is 15.3. The van der Waals surface area contributed by atoms with Crippen molar-refractivity contribution in [2.75, 3.05) is 51.7 Å². The number of rotatable bonds is 10. The van der Waals surface area contributed by atoms with Crippen LogP contribution in [0, 0.1) is 6.92 Å². The van der Waals surface area contributed by atoms with Gasteiger partial charge in [0.05, 0.1) is 30.5 Å². The van der Waals surface area contributed by atoms with Gasteiger partial charge in [-0.25, -0.2) is 8.42 Å². The third-order valence-electron chi connectivity index (χ3n) is 5.25. The van der Waals surface area contributed by atoms with Crippen LogP contribution in [0.4, 0.5) is 0 Å². The van der Waals surface area contributed by atoms with Crippen LogP contribution >= 0.6 is 0 Å². The number of aryl methyl sites for hydroxylation is 1. The number of sulfone groups is 1. The van der Waals surface area contributed by atoms with E-state index >= 15 is 0 Å². The zero-order chi connectivity index (χ0) is 23.6. The van der Waals surface area contributed by atoms with Crippen LogP contribution in [0.15, 0.2) is 45.9 Å². The molecule has 2 heterocycles. The molecule has 0 saturated carbocycles. The number of amidine groups is 1. The van der Waals surface area contributed by atoms with Crippen LogP contribution in [0.3, 0.4) is 0 Å². The fourth-order valence-corrected chi connectivity index (χ4v) is 4.70. The molecule has 0 atom stereocenters. The minimum atomic E-state index is -3.68. The quantitative estimate of drug-likeness (QED) is 0.463. The molecular weight excluding hydrogens is 434 g/mol. The number of aliphatic carboxylic acids is 1. The van der Waals surface area contributed by atoms with E-state index in [1.165, 1.54) is 17.8 Å². The van der Waals surface area contributed by atoms with Gasteiger partial charge in [-0.1, -0.05) is 23.8 Å². The standard InChI is InChI=1S/C13H23N3O2.C9H10O4S/c17-10-8-15-6-1-2-12(15)3-4-13-14-5-7-16(13)9-11-18;1-7-2-4-8(5-3-7)14(12,13)6-9(10)11/h2,17-18H,1,3-11H2;2-5H,6H2,1H3,(H,10,11). The van der Waals surface area contributed by atoms with E-state index in [-0.39, 0.29) is 18.1 Å². The largest absolute Gasteiger partial charge is 0.480 e. The molecule has 0 radical (unpaired) electrons. The van der Waals surface area contributed by atoms with Crippen molar-refractivity contribution < 1.29 is 28.5 Å². The van der Waals surface area contributed by atoms with E-state index in [2.05, 4.69) is 20.9 Å². The van der Waals surface area contributed by atoms with Crippen LogP contribution in [-0.4, -0.2) is 97.0 Å². The average molecular weight is 468 g/mol. The second-order valence-electron chi connectivity index (χ2n) is 7.67. The van der Waals surface area contributed by atoms with Crippen LogP contribution in [0.25, 0.3) is 0 Å². The molecule has 1 aromatic carbocycles. The van der Waals surface area contributed by atoms with Crippen molar-refractivity contribution in [2.45, 2.75) is 31.1 Å². The Kier molecular flexibility index (Phi) is 10.1. The van der Waals surface area contributed by atoms with E-state index in [4.69, 9.17) is 15.3 Å². The maximum Gasteiger partial charge on any atom is 0.319 e. The molecule has 0 aliphatic carbocycles. The number of hydrogen-bond acceptors (Lipinski definition) is 8. The summed E-state index contributed by atoms with van der Waals surface area (Å²) >= 11 is 0. The van der Waals surface area contributed by atoms with E-state index < -0.39 is 21.6 Å². The van der Waals surface area contributed by atoms with E-state index in [1.807, 2.05) is 6.92 Å². The highest BCUT2D eigenvalue weighted by Crippen LogP contribution is 2.20. The fraction of sp³-hybridized carbons (Fsp3) is 0.545. The van der Waals surface area contributed by atoms with Gasteiger partial charge in [-0.05, 0) is 31.9 Å². The normalized spacial score (nSPS) is 15.8. The van der Waals surface area contributed by atoms with Gasteiger partial charge < -0.3 is 25.1 Å². The number of aliphatic hydroxyl groups is 2. The lowest BCUT2D eigenvalue weighted by Gasteiger charge is -2.23. The number of nitrogens with zero attached hydrogens (tertiary/aromatic N) is 3. The molecule has 3 N–H and O–H groups in total. The monoisotopic (exact) mass is 467 g/mol. The summed E-state index contributed by atoms with van der Waals surface area (Å²) in [5.74, 6) is -1.08. The smallest absolute Gasteiger partial charge is 0.319 e. The number of carbonyl (C=O) groups is 1. The molecule has 0 amide bonds. The lowest BCUT2D eigenvalue weighted by molar-refractivity contribution is -0.134. The third-order valence-corrected chi connectivity index (χ3v) is 6.87. The summed E-state index contributed by atoms with van der Waals surface area (Å²) in [6.07, 6.45) is 5.28. The highest BCUT2D eigenvalue weighted by atomic mass is 32.2. The van der Waals surface area contributed by atoms with Crippen LogP contribution in [0.1, 0.15) is 24.8 Å². The maximum absolute atomic E-state index is 11.4. The van der Waals surface area contributed by atoms with Gasteiger partial charge in [0.1, 0.15) is 0 Å². The first kappa shape index (κ1) is 25.8. The van der Waals surface area contributed by atoms with Gasteiger partial charge in [0.2, 0.25) is 0 Å². The van der Waals surface area contributed by atoms with Gasteiger partial charge >= 0.3 is 5.97 Å². The molecule has 0 bridgehead atoms. The van der Waals surface area contributed by atoms with Crippen molar-refractivity contribution >= 4 is 21.6 Å². The van der Waals surface area contributed by atoms with Gasteiger partial charge in [0, 0.05) is 38.3 Å². The third kappa shape index (κ3) is 7.92. The van der Waals surface area contributed by atoms with Crippen molar-refractivity contribution in [2.24, 2.45) is 4.99 Å². The lowest BCUT2D eigenvalue weighted by Crippen LogP contribution is -2.31. The van der Waals surface area contributed by atoms with E-state index in [0.29, 0.717) is 6.54 Å². The average Bonchev–Trinajstić information content (AvgIpc) is 3.36. The second-order valence-corrected chi connectivity index (χ2v) is 9.66. The van der Waals surface area contributed by atoms with E-state index in [0.717, 1.165) is 56.8 Å². The Morgan fingerprint density at radius 2 is 1.69 bits per heavy atom. The number of aliphatic imine (C=N–C) groups is 1. The van der Waals surface area contributed by atoms with Crippen molar-refractivity contribution in [3.63, 3.8) is 0 Å². The molecule has 2 aliphatic rings. The molecule has 32 heavy (non-hydrogen) atoms. The second kappa shape index (κ2) is 12.6. The molecule has 10 heteroatoms. The topological polar surface area (TPSA) is 131 Å². The van der Waals surface area contributed by atoms with Gasteiger partial charge in [-0.2, -0.15) is 0 Å². The Morgan fingerprint density at radius 3 is 2.31 bits per heavy atom. The van der Waals surface area contributed by atoms with Gasteiger partial charge in [0.15, 0.2) is 15.6 Å². The number of carboxylic acids is 1. The van der Waals surface area contributed by atoms with E-state index in [1.54, 1.807) is 12.1 Å². The van der Waals surface area contributed by atoms with Crippen molar-refractivity contribution in [1.29, 1.82) is 0 Å². The molecule has 2 aliphatic heterocycles. The summed E-state index contributed by atoms with van der Waals surface area (Å²) in [6.45, 7) is 6.49. The number of β-amino-alcohol motifs (C(OH)–C–C–N with tert-alkyl or cyclic N) is 2. The summed E-state index contributed by atoms with van der Waals surface area (Å²) < 4.78 is 22.7. The van der Waals surface area contributed by atoms with Gasteiger partial charge in [-0.15, -0.1) is 0 Å². The van der Waals surface area contributed by atoms with Gasteiger partial charge in [0.25, 0.3) is 0 Å². The summed E-state index contributed by atoms with van der Waals surface area (Å²) in [4.78, 5) is 19.3. The van der Waals surface area contributed by atoms with E-state index in [9.17, 15) is 13.2 Å². The predicted molar refractivity (Wildman–Crippen MR) is 122 cm³/mol. The number of aliphatic hydroxyl groups excluding tert-OH is 2. The Balaban J connectivity index is 0.000000235. The summed E-state index contributed by atoms with van der Waals surface area (Å²) in [7, 11) is -3.68. The molecule has 0 spiro atoms. The zero-order valence-electron chi connectivity index (χ0n) is 18.5. The first-order valence-corrected chi connectivity index (χ1v) is 12.4. The minimum Gasteiger partial charge on any atom is -0.480 e. The molecule has 0 aromatic heterocycles. The molecule has 0 unspecified atom stereocenters. The minimum absolute atomic E-state index is 0.0468. The predicted octanol–water partition coefficient (Wildman–Crippen LogP) is 0.908. The number of hydrogen-bond donors (Lipinski definition) is 3. The van der Waals surface area contributed by atoms with Crippen molar-refractivity contribution in [3.05, 3.63) is 41.6 Å². The fourth-order valence-electron chi connectivity index (χ4n) is 3.65. The lowest BCUT2D eigenvalue weighted by atomic mass is 10.2. The summed E-state index contributed by atoms with van der Waals surface area (Å²) in [6, 6.07) is 6.09. The zero-order valence-corrected chi connectivity index (χ0v) is 19.3.